The van der Waals surface area contributed by atoms with E-state index >= 15 is 0 Å². The van der Waals surface area contributed by atoms with E-state index in [1.54, 1.807) is 0 Å². The van der Waals surface area contributed by atoms with Gasteiger partial charge in [0.25, 0.3) is 0 Å². The number of aromatic amines is 1. The van der Waals surface area contributed by atoms with Gasteiger partial charge in [-0.3, -0.25) is 19.2 Å². The van der Waals surface area contributed by atoms with Gasteiger partial charge < -0.3 is 31.4 Å². The summed E-state index contributed by atoms with van der Waals surface area (Å²) in [5, 5.41) is 14.2. The van der Waals surface area contributed by atoms with Crippen LogP contribution >= 0.6 is 0 Å². The summed E-state index contributed by atoms with van der Waals surface area (Å²) in [5.74, 6) is -2.55. The van der Waals surface area contributed by atoms with Crippen LogP contribution in [-0.4, -0.2) is 70.4 Å². The maximum atomic E-state index is 12.9. The predicted molar refractivity (Wildman–Crippen MR) is 108 cm³/mol. The number of aliphatic carboxylic acids is 1. The lowest BCUT2D eigenvalue weighted by Crippen LogP contribution is -2.52. The smallest absolute Gasteiger partial charge is 0.322 e. The molecule has 6 N–H and O–H groups in total. The van der Waals surface area contributed by atoms with Gasteiger partial charge in [-0.25, -0.2) is 0 Å². The molecule has 3 amide bonds. The Kier molecular flexibility index (Phi) is 6.68. The van der Waals surface area contributed by atoms with E-state index in [1.165, 1.54) is 4.90 Å². The Labute approximate surface area is 172 Å². The summed E-state index contributed by atoms with van der Waals surface area (Å²) < 4.78 is 0. The average molecular weight is 415 g/mol. The molecule has 1 aromatic heterocycles. The standard InChI is InChI=1S/C20H25N5O5/c21-14(8-12-9-22-15-5-2-1-4-13(12)15)20(30)25-7-3-6-16(25)19(29)24-10-17(26)23-11-18(27)28/h1-2,4-5,9,14,16,22H,3,6-8,10-11,21H2,(H,23,26)(H,24,29)(H,27,28). The van der Waals surface area contributed by atoms with Gasteiger partial charge in [-0.2, -0.15) is 0 Å². The number of rotatable bonds is 8. The maximum absolute atomic E-state index is 12.9. The Morgan fingerprint density at radius 1 is 1.20 bits per heavy atom. The fourth-order valence-electron chi connectivity index (χ4n) is 3.66. The number of nitrogens with one attached hydrogen (secondary N) is 3. The molecule has 0 saturated carbocycles. The molecule has 10 nitrogen and oxygen atoms in total. The fourth-order valence-corrected chi connectivity index (χ4v) is 3.66. The molecule has 1 aromatic carbocycles. The molecule has 0 radical (unpaired) electrons. The number of hydrogen-bond donors (Lipinski definition) is 5. The van der Waals surface area contributed by atoms with Crippen molar-refractivity contribution in [1.29, 1.82) is 0 Å². The van der Waals surface area contributed by atoms with Crippen LogP contribution in [0.4, 0.5) is 0 Å². The first-order valence-corrected chi connectivity index (χ1v) is 9.74. The molecule has 0 spiro atoms. The number of nitrogens with two attached hydrogens (primary N) is 1. The second kappa shape index (κ2) is 9.40. The lowest BCUT2D eigenvalue weighted by molar-refractivity contribution is -0.140. The maximum Gasteiger partial charge on any atom is 0.322 e. The van der Waals surface area contributed by atoms with Gasteiger partial charge in [0.05, 0.1) is 12.6 Å². The number of carbonyl (C=O) groups excluding carboxylic acids is 3. The number of carboxylic acid groups (broad SMARTS) is 1. The molecule has 1 saturated heterocycles. The Morgan fingerprint density at radius 3 is 2.73 bits per heavy atom. The van der Waals surface area contributed by atoms with E-state index in [0.29, 0.717) is 25.8 Å². The zero-order chi connectivity index (χ0) is 21.7. The van der Waals surface area contributed by atoms with Gasteiger partial charge in [-0.15, -0.1) is 0 Å². The summed E-state index contributed by atoms with van der Waals surface area (Å²) >= 11 is 0. The van der Waals surface area contributed by atoms with E-state index in [0.717, 1.165) is 16.5 Å². The molecule has 1 aliphatic heterocycles. The molecule has 160 valence electrons. The number of carbonyl (C=O) groups is 4. The minimum absolute atomic E-state index is 0.312. The third-order valence-corrected chi connectivity index (χ3v) is 5.13. The number of carboxylic acids is 1. The number of hydrogen-bond acceptors (Lipinski definition) is 5. The first-order valence-electron chi connectivity index (χ1n) is 9.74. The number of nitrogens with zero attached hydrogens (tertiary/aromatic N) is 1. The number of benzene rings is 1. The number of amides is 3. The normalized spacial score (nSPS) is 17.0. The number of fused-ring (bicyclic) bond motifs is 1. The third-order valence-electron chi connectivity index (χ3n) is 5.13. The van der Waals surface area contributed by atoms with Crippen molar-refractivity contribution in [1.82, 2.24) is 20.5 Å². The van der Waals surface area contributed by atoms with Crippen LogP contribution in [0, 0.1) is 0 Å². The molecule has 2 atom stereocenters. The Bertz CT molecular complexity index is 956. The van der Waals surface area contributed by atoms with Crippen LogP contribution in [0.5, 0.6) is 0 Å². The Morgan fingerprint density at radius 2 is 1.97 bits per heavy atom. The second-order valence-corrected chi connectivity index (χ2v) is 7.25. The van der Waals surface area contributed by atoms with Gasteiger partial charge in [-0.05, 0) is 30.9 Å². The molecule has 1 fully saturated rings. The van der Waals surface area contributed by atoms with Crippen LogP contribution in [0.1, 0.15) is 18.4 Å². The van der Waals surface area contributed by atoms with Gasteiger partial charge in [-0.1, -0.05) is 18.2 Å². The van der Waals surface area contributed by atoms with E-state index < -0.39 is 36.4 Å². The molecular formula is C20H25N5O5. The van der Waals surface area contributed by atoms with Crippen molar-refractivity contribution >= 4 is 34.6 Å². The van der Waals surface area contributed by atoms with Crippen LogP contribution in [0.3, 0.4) is 0 Å². The van der Waals surface area contributed by atoms with Crippen molar-refractivity contribution < 1.29 is 24.3 Å². The molecule has 1 aliphatic rings. The van der Waals surface area contributed by atoms with Gasteiger partial charge in [0.15, 0.2) is 0 Å². The van der Waals surface area contributed by atoms with Crippen LogP contribution < -0.4 is 16.4 Å². The van der Waals surface area contributed by atoms with E-state index in [9.17, 15) is 19.2 Å². The van der Waals surface area contributed by atoms with E-state index in [1.807, 2.05) is 30.5 Å². The predicted octanol–water partition coefficient (Wildman–Crippen LogP) is -0.654. The molecule has 2 aromatic rings. The highest BCUT2D eigenvalue weighted by Gasteiger charge is 2.36. The molecule has 2 heterocycles. The molecule has 30 heavy (non-hydrogen) atoms. The van der Waals surface area contributed by atoms with Crippen LogP contribution in [-0.2, 0) is 25.6 Å². The van der Waals surface area contributed by atoms with Gasteiger partial charge >= 0.3 is 5.97 Å². The van der Waals surface area contributed by atoms with E-state index in [4.69, 9.17) is 10.8 Å². The summed E-state index contributed by atoms with van der Waals surface area (Å²) in [6.07, 6.45) is 3.32. The van der Waals surface area contributed by atoms with Gasteiger partial charge in [0.2, 0.25) is 17.7 Å². The third kappa shape index (κ3) is 4.95. The lowest BCUT2D eigenvalue weighted by Gasteiger charge is -2.26. The fraction of sp³-hybridized carbons (Fsp3) is 0.400. The lowest BCUT2D eigenvalue weighted by atomic mass is 10.0. The molecular weight excluding hydrogens is 390 g/mol. The molecule has 2 unspecified atom stereocenters. The summed E-state index contributed by atoms with van der Waals surface area (Å²) in [7, 11) is 0. The number of H-pyrrole nitrogens is 1. The van der Waals surface area contributed by atoms with Crippen molar-refractivity contribution in [3.8, 4) is 0 Å². The highest BCUT2D eigenvalue weighted by atomic mass is 16.4. The van der Waals surface area contributed by atoms with Gasteiger partial charge in [0, 0.05) is 23.6 Å². The minimum Gasteiger partial charge on any atom is -0.480 e. The van der Waals surface area contributed by atoms with Crippen LogP contribution in [0.25, 0.3) is 10.9 Å². The SMILES string of the molecule is NC(Cc1c[nH]c2ccccc12)C(=O)N1CCCC1C(=O)NCC(=O)NCC(=O)O. The van der Waals surface area contributed by atoms with E-state index in [2.05, 4.69) is 15.6 Å². The minimum atomic E-state index is -1.17. The van der Waals surface area contributed by atoms with Gasteiger partial charge in [0.1, 0.15) is 12.6 Å². The second-order valence-electron chi connectivity index (χ2n) is 7.25. The van der Waals surface area contributed by atoms with Crippen molar-refractivity contribution in [2.24, 2.45) is 5.73 Å². The molecule has 10 heteroatoms. The highest BCUT2D eigenvalue weighted by Crippen LogP contribution is 2.22. The Hall–Kier alpha value is -3.40. The summed E-state index contributed by atoms with van der Waals surface area (Å²) in [6, 6.07) is 6.25. The van der Waals surface area contributed by atoms with Crippen molar-refractivity contribution in [2.45, 2.75) is 31.3 Å². The van der Waals surface area contributed by atoms with Crippen LogP contribution in [0.15, 0.2) is 30.5 Å². The quantitative estimate of drug-likeness (QED) is 0.385. The summed E-state index contributed by atoms with van der Waals surface area (Å²) in [4.78, 5) is 52.0. The van der Waals surface area contributed by atoms with E-state index in [-0.39, 0.29) is 12.5 Å². The van der Waals surface area contributed by atoms with Crippen molar-refractivity contribution in [2.75, 3.05) is 19.6 Å². The van der Waals surface area contributed by atoms with Crippen LogP contribution in [0.2, 0.25) is 0 Å². The largest absolute Gasteiger partial charge is 0.480 e. The molecule has 0 bridgehead atoms. The molecule has 3 rings (SSSR count). The van der Waals surface area contributed by atoms with Crippen molar-refractivity contribution in [3.63, 3.8) is 0 Å². The molecule has 0 aliphatic carbocycles. The Balaban J connectivity index is 1.57. The number of aromatic nitrogens is 1. The zero-order valence-corrected chi connectivity index (χ0v) is 16.4. The monoisotopic (exact) mass is 415 g/mol. The first-order chi connectivity index (χ1) is 14.4. The average Bonchev–Trinajstić information content (AvgIpc) is 3.37. The summed E-state index contributed by atoms with van der Waals surface area (Å²) in [5.41, 5.74) is 8.07. The zero-order valence-electron chi connectivity index (χ0n) is 16.4. The number of para-hydroxylation sites is 1. The topological polar surface area (TPSA) is 158 Å². The number of likely N-dealkylation sites (tertiary alicyclic amines) is 1. The highest BCUT2D eigenvalue weighted by molar-refractivity contribution is 5.93. The van der Waals surface area contributed by atoms with Crippen molar-refractivity contribution in [3.05, 3.63) is 36.0 Å². The summed E-state index contributed by atoms with van der Waals surface area (Å²) in [6.45, 7) is -0.457. The first kappa shape index (κ1) is 21.3.